The molecule has 2 rings (SSSR count). The second-order valence-corrected chi connectivity index (χ2v) is 5.15. The molecule has 6 heteroatoms. The van der Waals surface area contributed by atoms with Crippen molar-refractivity contribution in [1.82, 2.24) is 10.6 Å². The van der Waals surface area contributed by atoms with Crippen LogP contribution >= 0.6 is 0 Å². The predicted molar refractivity (Wildman–Crippen MR) is 79.0 cm³/mol. The molecule has 1 aliphatic rings. The number of carbonyl (C=O) groups excluding carboxylic acids is 2. The first-order chi connectivity index (χ1) is 10.0. The van der Waals surface area contributed by atoms with Gasteiger partial charge in [0.15, 0.2) is 6.10 Å². The second-order valence-electron chi connectivity index (χ2n) is 5.15. The van der Waals surface area contributed by atoms with E-state index in [0.29, 0.717) is 5.75 Å². The molecule has 0 heterocycles. The number of ether oxygens (including phenoxy) is 1. The van der Waals surface area contributed by atoms with E-state index in [1.807, 2.05) is 18.2 Å². The van der Waals surface area contributed by atoms with Crippen molar-refractivity contribution in [1.29, 1.82) is 0 Å². The summed E-state index contributed by atoms with van der Waals surface area (Å²) in [7, 11) is 1.45. The minimum Gasteiger partial charge on any atom is -0.481 e. The van der Waals surface area contributed by atoms with Crippen LogP contribution in [0, 0.1) is 0 Å². The van der Waals surface area contributed by atoms with Gasteiger partial charge in [-0.05, 0) is 43.4 Å². The maximum absolute atomic E-state index is 11.8. The number of nitrogens with one attached hydrogen (secondary N) is 2. The fraction of sp³-hybridized carbons (Fsp3) is 0.467. The van der Waals surface area contributed by atoms with Gasteiger partial charge in [0.2, 0.25) is 0 Å². The van der Waals surface area contributed by atoms with Crippen LogP contribution in [0.15, 0.2) is 18.2 Å². The van der Waals surface area contributed by atoms with Crippen LogP contribution in [0.2, 0.25) is 0 Å². The van der Waals surface area contributed by atoms with Crippen molar-refractivity contribution in [3.8, 4) is 5.75 Å². The Labute approximate surface area is 124 Å². The van der Waals surface area contributed by atoms with Crippen LogP contribution in [0.3, 0.4) is 0 Å². The van der Waals surface area contributed by atoms with Crippen molar-refractivity contribution in [2.24, 2.45) is 5.73 Å². The Bertz CT molecular complexity index is 545. The van der Waals surface area contributed by atoms with E-state index in [1.54, 1.807) is 6.92 Å². The zero-order valence-electron chi connectivity index (χ0n) is 12.3. The van der Waals surface area contributed by atoms with Crippen LogP contribution in [0.25, 0.3) is 0 Å². The zero-order chi connectivity index (χ0) is 15.4. The lowest BCUT2D eigenvalue weighted by atomic mass is 9.87. The van der Waals surface area contributed by atoms with Gasteiger partial charge in [0.05, 0.1) is 0 Å². The molecule has 0 fully saturated rings. The highest BCUT2D eigenvalue weighted by Crippen LogP contribution is 2.34. The number of benzene rings is 1. The Balaban J connectivity index is 2.11. The molecular formula is C15H21N3O3. The Hall–Kier alpha value is -2.08. The maximum Gasteiger partial charge on any atom is 0.321 e. The normalized spacial score (nSPS) is 18.3. The molecule has 1 aliphatic carbocycles. The average Bonchev–Trinajstić information content (AvgIpc) is 2.48. The van der Waals surface area contributed by atoms with Gasteiger partial charge in [-0.15, -0.1) is 0 Å². The first-order valence-corrected chi connectivity index (χ1v) is 7.09. The van der Waals surface area contributed by atoms with Crippen molar-refractivity contribution in [2.75, 3.05) is 7.05 Å². The molecule has 2 atom stereocenters. The Morgan fingerprint density at radius 1 is 1.43 bits per heavy atom. The number of amides is 3. The van der Waals surface area contributed by atoms with Crippen LogP contribution in [0.1, 0.15) is 36.9 Å². The molecule has 0 saturated carbocycles. The van der Waals surface area contributed by atoms with E-state index in [0.717, 1.165) is 30.4 Å². The average molecular weight is 291 g/mol. The molecule has 0 saturated heterocycles. The van der Waals surface area contributed by atoms with Crippen LogP contribution in [0.4, 0.5) is 4.79 Å². The lowest BCUT2D eigenvalue weighted by Gasteiger charge is -2.25. The highest BCUT2D eigenvalue weighted by Gasteiger charge is 2.23. The lowest BCUT2D eigenvalue weighted by molar-refractivity contribution is -0.126. The third-order valence-electron chi connectivity index (χ3n) is 3.65. The second kappa shape index (κ2) is 6.58. The number of hydrogen-bond acceptors (Lipinski definition) is 4. The van der Waals surface area contributed by atoms with Gasteiger partial charge in [-0.1, -0.05) is 12.1 Å². The number of hydrogen-bond donors (Lipinski definition) is 3. The van der Waals surface area contributed by atoms with Gasteiger partial charge in [0.1, 0.15) is 5.75 Å². The summed E-state index contributed by atoms with van der Waals surface area (Å²) < 4.78 is 5.72. The third kappa shape index (κ3) is 3.52. The van der Waals surface area contributed by atoms with Crippen LogP contribution in [-0.2, 0) is 11.2 Å². The molecule has 6 nitrogen and oxygen atoms in total. The molecule has 0 radical (unpaired) electrons. The maximum atomic E-state index is 11.8. The predicted octanol–water partition coefficient (Wildman–Crippen LogP) is 1.25. The molecule has 3 amide bonds. The smallest absolute Gasteiger partial charge is 0.321 e. The highest BCUT2D eigenvalue weighted by atomic mass is 16.5. The summed E-state index contributed by atoms with van der Waals surface area (Å²) in [5, 5.41) is 4.53. The van der Waals surface area contributed by atoms with Crippen molar-refractivity contribution in [3.05, 3.63) is 29.3 Å². The van der Waals surface area contributed by atoms with Gasteiger partial charge in [0.25, 0.3) is 5.91 Å². The number of fused-ring (bicyclic) bond motifs is 1. The summed E-state index contributed by atoms with van der Waals surface area (Å²) in [6.45, 7) is 1.61. The summed E-state index contributed by atoms with van der Waals surface area (Å²) >= 11 is 0. The van der Waals surface area contributed by atoms with E-state index in [9.17, 15) is 9.59 Å². The lowest BCUT2D eigenvalue weighted by Crippen LogP contribution is -2.44. The molecule has 0 spiro atoms. The van der Waals surface area contributed by atoms with Crippen LogP contribution in [-0.4, -0.2) is 25.1 Å². The Morgan fingerprint density at radius 3 is 2.90 bits per heavy atom. The number of nitrogens with two attached hydrogens (primary N) is 1. The molecule has 21 heavy (non-hydrogen) atoms. The van der Waals surface area contributed by atoms with E-state index in [2.05, 4.69) is 10.6 Å². The molecule has 4 N–H and O–H groups in total. The van der Waals surface area contributed by atoms with Gasteiger partial charge in [-0.3, -0.25) is 10.1 Å². The number of carbonyl (C=O) groups is 2. The van der Waals surface area contributed by atoms with Gasteiger partial charge >= 0.3 is 6.03 Å². The molecule has 0 aromatic heterocycles. The van der Waals surface area contributed by atoms with E-state index >= 15 is 0 Å². The fourth-order valence-electron chi connectivity index (χ4n) is 2.48. The molecular weight excluding hydrogens is 270 g/mol. The number of rotatable bonds is 3. The highest BCUT2D eigenvalue weighted by molar-refractivity contribution is 5.96. The van der Waals surface area contributed by atoms with E-state index in [1.165, 1.54) is 7.05 Å². The molecule has 0 aliphatic heterocycles. The van der Waals surface area contributed by atoms with Crippen LogP contribution in [0.5, 0.6) is 5.75 Å². The van der Waals surface area contributed by atoms with Crippen molar-refractivity contribution in [3.63, 3.8) is 0 Å². The first-order valence-electron chi connectivity index (χ1n) is 7.09. The third-order valence-corrected chi connectivity index (χ3v) is 3.65. The van der Waals surface area contributed by atoms with Gasteiger partial charge in [-0.2, -0.15) is 0 Å². The standard InChI is InChI=1S/C15H21N3O3/c1-9(14(19)18-15(20)17-2)21-13-8-4-5-10-11(13)6-3-7-12(10)16/h4-5,8-9,12H,3,6-7,16H2,1-2H3,(H2,17,18,19,20). The van der Waals surface area contributed by atoms with Crippen LogP contribution < -0.4 is 21.1 Å². The van der Waals surface area contributed by atoms with E-state index in [-0.39, 0.29) is 6.04 Å². The topological polar surface area (TPSA) is 93.5 Å². The minimum absolute atomic E-state index is 0.0206. The van der Waals surface area contributed by atoms with Crippen molar-refractivity contribution in [2.45, 2.75) is 38.3 Å². The van der Waals surface area contributed by atoms with E-state index in [4.69, 9.17) is 10.5 Å². The fourth-order valence-corrected chi connectivity index (χ4v) is 2.48. The molecule has 0 bridgehead atoms. The minimum atomic E-state index is -0.757. The molecule has 1 aromatic rings. The summed E-state index contributed by atoms with van der Waals surface area (Å²) in [5.41, 5.74) is 8.25. The summed E-state index contributed by atoms with van der Waals surface area (Å²) in [6.07, 6.45) is 2.10. The van der Waals surface area contributed by atoms with Crippen molar-refractivity contribution < 1.29 is 14.3 Å². The van der Waals surface area contributed by atoms with Gasteiger partial charge < -0.3 is 15.8 Å². The monoisotopic (exact) mass is 291 g/mol. The molecule has 2 unspecified atom stereocenters. The number of urea groups is 1. The number of imide groups is 1. The van der Waals surface area contributed by atoms with Gasteiger partial charge in [0, 0.05) is 13.1 Å². The molecule has 114 valence electrons. The largest absolute Gasteiger partial charge is 0.481 e. The Morgan fingerprint density at radius 2 is 2.19 bits per heavy atom. The Kier molecular flexibility index (Phi) is 4.80. The van der Waals surface area contributed by atoms with Crippen molar-refractivity contribution >= 4 is 11.9 Å². The molecule has 1 aromatic carbocycles. The SMILES string of the molecule is CNC(=O)NC(=O)C(C)Oc1cccc2c1CCCC2N. The summed E-state index contributed by atoms with van der Waals surface area (Å²) in [4.78, 5) is 23.0. The summed E-state index contributed by atoms with van der Waals surface area (Å²) in [6, 6.07) is 5.18. The quantitative estimate of drug-likeness (QED) is 0.781. The summed E-state index contributed by atoms with van der Waals surface area (Å²) in [5.74, 6) is 0.189. The zero-order valence-corrected chi connectivity index (χ0v) is 12.3. The first kappa shape index (κ1) is 15.3. The van der Waals surface area contributed by atoms with Gasteiger partial charge in [-0.25, -0.2) is 4.79 Å². The van der Waals surface area contributed by atoms with E-state index < -0.39 is 18.0 Å².